The fourth-order valence-corrected chi connectivity index (χ4v) is 1.58. The molecule has 2 aromatic rings. The molecule has 0 spiro atoms. The summed E-state index contributed by atoms with van der Waals surface area (Å²) < 4.78 is 0. The summed E-state index contributed by atoms with van der Waals surface area (Å²) in [5.74, 6) is -0.167. The molecule has 16 heavy (non-hydrogen) atoms. The van der Waals surface area contributed by atoms with Crippen molar-refractivity contribution in [3.63, 3.8) is 0 Å². The molecule has 0 fully saturated rings. The van der Waals surface area contributed by atoms with Crippen LogP contribution in [0, 0.1) is 5.41 Å². The number of aromatic nitrogens is 1. The molecule has 82 valence electrons. The number of nitrogens with one attached hydrogen (secondary N) is 3. The molecule has 0 saturated heterocycles. The van der Waals surface area contributed by atoms with Crippen molar-refractivity contribution in [3.05, 3.63) is 36.0 Å². The first-order chi connectivity index (χ1) is 7.68. The Morgan fingerprint density at radius 2 is 2.19 bits per heavy atom. The minimum atomic E-state index is -0.167. The number of guanidine groups is 1. The van der Waals surface area contributed by atoms with E-state index in [0.29, 0.717) is 0 Å². The summed E-state index contributed by atoms with van der Waals surface area (Å²) in [5, 5.41) is 12.1. The molecule has 0 amide bonds. The van der Waals surface area contributed by atoms with Crippen molar-refractivity contribution in [2.24, 2.45) is 10.8 Å². The van der Waals surface area contributed by atoms with Crippen LogP contribution >= 0.6 is 0 Å². The number of rotatable bonds is 2. The van der Waals surface area contributed by atoms with Crippen molar-refractivity contribution in [1.29, 1.82) is 5.41 Å². The number of hydrogen-bond acceptors (Lipinski definition) is 2. The van der Waals surface area contributed by atoms with E-state index in [4.69, 9.17) is 11.1 Å². The molecule has 0 aliphatic rings. The molecule has 5 N–H and O–H groups in total. The van der Waals surface area contributed by atoms with Crippen molar-refractivity contribution in [2.75, 3.05) is 0 Å². The summed E-state index contributed by atoms with van der Waals surface area (Å²) in [6.07, 6.45) is 1.89. The second-order valence-electron chi connectivity index (χ2n) is 3.47. The fourth-order valence-electron chi connectivity index (χ4n) is 1.58. The number of hydrogen-bond donors (Lipinski definition) is 4. The topological polar surface area (TPSA) is 90.1 Å². The predicted molar refractivity (Wildman–Crippen MR) is 65.6 cm³/mol. The van der Waals surface area contributed by atoms with Crippen LogP contribution in [-0.4, -0.2) is 16.7 Å². The van der Waals surface area contributed by atoms with E-state index >= 15 is 0 Å². The number of fused-ring (bicyclic) bond motifs is 1. The van der Waals surface area contributed by atoms with Crippen LogP contribution in [0.4, 0.5) is 0 Å². The van der Waals surface area contributed by atoms with E-state index in [1.54, 1.807) is 0 Å². The van der Waals surface area contributed by atoms with Gasteiger partial charge in [-0.15, -0.1) is 0 Å². The molecule has 0 radical (unpaired) electrons. The standard InChI is InChI=1S/C11H13N5/c1-7(15-16-11(12)13)9-6-14-10-5-3-2-4-8(9)10/h2-6,14H,1H3,(H4,12,13,16)/b15-7+. The van der Waals surface area contributed by atoms with Crippen LogP contribution in [0.3, 0.4) is 0 Å². The summed E-state index contributed by atoms with van der Waals surface area (Å²) in [7, 11) is 0. The van der Waals surface area contributed by atoms with Gasteiger partial charge in [-0.05, 0) is 13.0 Å². The van der Waals surface area contributed by atoms with Crippen LogP contribution in [0.25, 0.3) is 10.9 Å². The third-order valence-corrected chi connectivity index (χ3v) is 2.32. The Morgan fingerprint density at radius 1 is 1.44 bits per heavy atom. The zero-order valence-corrected chi connectivity index (χ0v) is 8.91. The molecule has 5 heteroatoms. The molecule has 1 aromatic carbocycles. The summed E-state index contributed by atoms with van der Waals surface area (Å²) in [5.41, 5.74) is 10.5. The maximum Gasteiger partial charge on any atom is 0.206 e. The maximum absolute atomic E-state index is 7.03. The molecule has 0 aliphatic heterocycles. The van der Waals surface area contributed by atoms with Crippen LogP contribution in [0.1, 0.15) is 12.5 Å². The first-order valence-electron chi connectivity index (χ1n) is 4.89. The third kappa shape index (κ3) is 1.88. The van der Waals surface area contributed by atoms with Gasteiger partial charge in [-0.25, -0.2) is 5.43 Å². The smallest absolute Gasteiger partial charge is 0.206 e. The zero-order valence-electron chi connectivity index (χ0n) is 8.91. The van der Waals surface area contributed by atoms with Gasteiger partial charge in [0.05, 0.1) is 5.71 Å². The minimum absolute atomic E-state index is 0.167. The lowest BCUT2D eigenvalue weighted by molar-refractivity contribution is 0.992. The van der Waals surface area contributed by atoms with E-state index in [2.05, 4.69) is 15.5 Å². The fraction of sp³-hybridized carbons (Fsp3) is 0.0909. The first-order valence-corrected chi connectivity index (χ1v) is 4.89. The van der Waals surface area contributed by atoms with E-state index in [-0.39, 0.29) is 5.96 Å². The Bertz CT molecular complexity index is 552. The van der Waals surface area contributed by atoms with Gasteiger partial charge in [-0.3, -0.25) is 5.41 Å². The Labute approximate surface area is 92.9 Å². The normalized spacial score (nSPS) is 11.7. The molecule has 0 atom stereocenters. The van der Waals surface area contributed by atoms with E-state index in [1.807, 2.05) is 37.4 Å². The summed E-state index contributed by atoms with van der Waals surface area (Å²) in [4.78, 5) is 3.16. The molecule has 0 aliphatic carbocycles. The number of H-pyrrole nitrogens is 1. The van der Waals surface area contributed by atoms with Gasteiger partial charge in [0.1, 0.15) is 0 Å². The van der Waals surface area contributed by atoms with Crippen molar-refractivity contribution in [1.82, 2.24) is 10.4 Å². The molecule has 0 unspecified atom stereocenters. The van der Waals surface area contributed by atoms with Gasteiger partial charge in [0, 0.05) is 22.7 Å². The molecule has 1 aromatic heterocycles. The van der Waals surface area contributed by atoms with Crippen LogP contribution < -0.4 is 11.2 Å². The first kappa shape index (κ1) is 10.2. The Hall–Kier alpha value is -2.30. The third-order valence-electron chi connectivity index (χ3n) is 2.32. The second-order valence-corrected chi connectivity index (χ2v) is 3.47. The summed E-state index contributed by atoms with van der Waals surface area (Å²) in [6.45, 7) is 1.87. The van der Waals surface area contributed by atoms with Crippen LogP contribution in [0.15, 0.2) is 35.6 Å². The highest BCUT2D eigenvalue weighted by Gasteiger charge is 2.05. The second kappa shape index (κ2) is 4.06. The lowest BCUT2D eigenvalue weighted by Crippen LogP contribution is -2.26. The van der Waals surface area contributed by atoms with Gasteiger partial charge in [0.15, 0.2) is 0 Å². The van der Waals surface area contributed by atoms with E-state index in [0.717, 1.165) is 22.2 Å². The lowest BCUT2D eigenvalue weighted by Gasteiger charge is -1.99. The quantitative estimate of drug-likeness (QED) is 0.346. The van der Waals surface area contributed by atoms with Crippen molar-refractivity contribution in [2.45, 2.75) is 6.92 Å². The van der Waals surface area contributed by atoms with Gasteiger partial charge in [0.2, 0.25) is 5.96 Å². The van der Waals surface area contributed by atoms with Gasteiger partial charge in [-0.1, -0.05) is 18.2 Å². The molecule has 0 bridgehead atoms. The number of benzene rings is 1. The predicted octanol–water partition coefficient (Wildman–Crippen LogP) is 1.37. The van der Waals surface area contributed by atoms with E-state index < -0.39 is 0 Å². The molecule has 1 heterocycles. The highest BCUT2D eigenvalue weighted by molar-refractivity contribution is 6.09. The number of aromatic amines is 1. The number of nitrogens with two attached hydrogens (primary N) is 1. The van der Waals surface area contributed by atoms with E-state index in [1.165, 1.54) is 0 Å². The maximum atomic E-state index is 7.03. The molecular weight excluding hydrogens is 202 g/mol. The number of nitrogens with zero attached hydrogens (tertiary/aromatic N) is 1. The van der Waals surface area contributed by atoms with Gasteiger partial charge in [0.25, 0.3) is 0 Å². The van der Waals surface area contributed by atoms with Gasteiger partial charge in [-0.2, -0.15) is 5.10 Å². The SMILES string of the molecule is C/C(=N\NC(=N)N)c1c[nH]c2ccccc12. The highest BCUT2D eigenvalue weighted by Crippen LogP contribution is 2.17. The van der Waals surface area contributed by atoms with Crippen molar-refractivity contribution >= 4 is 22.6 Å². The average Bonchev–Trinajstić information content (AvgIpc) is 2.69. The van der Waals surface area contributed by atoms with Crippen LogP contribution in [-0.2, 0) is 0 Å². The Kier molecular flexibility index (Phi) is 2.59. The summed E-state index contributed by atoms with van der Waals surface area (Å²) in [6, 6.07) is 7.98. The van der Waals surface area contributed by atoms with Crippen molar-refractivity contribution in [3.8, 4) is 0 Å². The van der Waals surface area contributed by atoms with E-state index in [9.17, 15) is 0 Å². The molecule has 5 nitrogen and oxygen atoms in total. The summed E-state index contributed by atoms with van der Waals surface area (Å²) >= 11 is 0. The lowest BCUT2D eigenvalue weighted by atomic mass is 10.1. The zero-order chi connectivity index (χ0) is 11.5. The minimum Gasteiger partial charge on any atom is -0.369 e. The molecule has 2 rings (SSSR count). The largest absolute Gasteiger partial charge is 0.369 e. The van der Waals surface area contributed by atoms with Gasteiger partial charge < -0.3 is 10.7 Å². The van der Waals surface area contributed by atoms with Crippen LogP contribution in [0.2, 0.25) is 0 Å². The molecule has 0 saturated carbocycles. The number of para-hydroxylation sites is 1. The highest BCUT2D eigenvalue weighted by atomic mass is 15.3. The molecular formula is C11H13N5. The van der Waals surface area contributed by atoms with Crippen molar-refractivity contribution < 1.29 is 0 Å². The monoisotopic (exact) mass is 215 g/mol. The average molecular weight is 215 g/mol. The van der Waals surface area contributed by atoms with Crippen LogP contribution in [0.5, 0.6) is 0 Å². The Balaban J connectivity index is 2.40. The Morgan fingerprint density at radius 3 is 2.94 bits per heavy atom. The number of hydrazone groups is 1. The van der Waals surface area contributed by atoms with Gasteiger partial charge >= 0.3 is 0 Å².